The van der Waals surface area contributed by atoms with Gasteiger partial charge in [0.25, 0.3) is 0 Å². The molecule has 1 aliphatic carbocycles. The number of rotatable bonds is 9. The number of hydrogen-bond donors (Lipinski definition) is 0. The van der Waals surface area contributed by atoms with Crippen molar-refractivity contribution in [1.29, 1.82) is 5.26 Å². The van der Waals surface area contributed by atoms with Gasteiger partial charge in [-0.1, -0.05) is 64.9 Å². The second-order valence-electron chi connectivity index (χ2n) is 7.32. The Labute approximate surface area is 148 Å². The zero-order valence-corrected chi connectivity index (χ0v) is 15.6. The lowest BCUT2D eigenvalue weighted by atomic mass is 9.66. The summed E-state index contributed by atoms with van der Waals surface area (Å²) in [7, 11) is 0. The number of benzene rings is 1. The minimum Gasteiger partial charge on any atom is -0.492 e. The number of hydrogen-bond acceptors (Lipinski definition) is 2. The van der Waals surface area contributed by atoms with Crippen molar-refractivity contribution >= 4 is 0 Å². The average Bonchev–Trinajstić information content (AvgIpc) is 2.63. The Morgan fingerprint density at radius 2 is 1.79 bits per heavy atom. The highest BCUT2D eigenvalue weighted by atomic mass is 16.5. The van der Waals surface area contributed by atoms with Gasteiger partial charge in [-0.15, -0.1) is 0 Å². The minimum atomic E-state index is 0.293. The summed E-state index contributed by atoms with van der Waals surface area (Å²) in [5.41, 5.74) is 2.38. The van der Waals surface area contributed by atoms with E-state index in [0.29, 0.717) is 17.6 Å². The molecule has 0 spiro atoms. The lowest BCUT2D eigenvalue weighted by Gasteiger charge is -2.38. The largest absolute Gasteiger partial charge is 0.492 e. The van der Waals surface area contributed by atoms with Crippen molar-refractivity contribution in [3.63, 3.8) is 0 Å². The van der Waals surface area contributed by atoms with Gasteiger partial charge in [0.05, 0.1) is 12.2 Å². The second kappa shape index (κ2) is 9.72. The Kier molecular flexibility index (Phi) is 7.63. The fourth-order valence-electron chi connectivity index (χ4n) is 4.02. The molecule has 0 saturated heterocycles. The predicted molar refractivity (Wildman–Crippen MR) is 100 cm³/mol. The highest BCUT2D eigenvalue weighted by Gasteiger charge is 2.33. The van der Waals surface area contributed by atoms with E-state index >= 15 is 0 Å². The van der Waals surface area contributed by atoms with E-state index in [4.69, 9.17) is 4.74 Å². The molecule has 1 saturated carbocycles. The third-order valence-corrected chi connectivity index (χ3v) is 5.54. The predicted octanol–water partition coefficient (Wildman–Crippen LogP) is 6.52. The van der Waals surface area contributed by atoms with E-state index in [9.17, 15) is 5.26 Å². The Morgan fingerprint density at radius 3 is 2.46 bits per heavy atom. The molecule has 1 aromatic carbocycles. The first-order chi connectivity index (χ1) is 11.8. The molecule has 1 aliphatic rings. The maximum atomic E-state index is 9.57. The average molecular weight is 328 g/mol. The highest BCUT2D eigenvalue weighted by molar-refractivity contribution is 5.47. The van der Waals surface area contributed by atoms with E-state index in [2.05, 4.69) is 32.0 Å². The van der Waals surface area contributed by atoms with Crippen molar-refractivity contribution in [2.45, 2.75) is 89.9 Å². The van der Waals surface area contributed by atoms with Crippen LogP contribution in [-0.4, -0.2) is 6.61 Å². The lowest BCUT2D eigenvalue weighted by molar-refractivity contribution is 0.265. The van der Waals surface area contributed by atoms with E-state index in [-0.39, 0.29) is 0 Å². The molecule has 2 nitrogen and oxygen atoms in total. The van der Waals surface area contributed by atoms with Gasteiger partial charge in [0.2, 0.25) is 0 Å². The molecule has 2 heteroatoms. The SMILES string of the molecule is CCCCCC1(c2ccc(OCCCC)c(C#N)c2)CCCCC1. The van der Waals surface area contributed by atoms with Crippen LogP contribution in [0.5, 0.6) is 5.75 Å². The maximum absolute atomic E-state index is 9.57. The summed E-state index contributed by atoms with van der Waals surface area (Å²) >= 11 is 0. The number of unbranched alkanes of at least 4 members (excludes halogenated alkanes) is 3. The molecule has 0 heterocycles. The van der Waals surface area contributed by atoms with E-state index in [1.54, 1.807) is 0 Å². The van der Waals surface area contributed by atoms with Gasteiger partial charge in [-0.3, -0.25) is 0 Å². The topological polar surface area (TPSA) is 33.0 Å². The van der Waals surface area contributed by atoms with Crippen molar-refractivity contribution < 1.29 is 4.74 Å². The smallest absolute Gasteiger partial charge is 0.137 e. The molecule has 0 unspecified atom stereocenters. The fourth-order valence-corrected chi connectivity index (χ4v) is 4.02. The summed E-state index contributed by atoms with van der Waals surface area (Å²) in [6.45, 7) is 5.12. The molecule has 0 atom stereocenters. The zero-order valence-electron chi connectivity index (χ0n) is 15.6. The van der Waals surface area contributed by atoms with Gasteiger partial charge in [-0.05, 0) is 48.8 Å². The molecule has 132 valence electrons. The first-order valence-corrected chi connectivity index (χ1v) is 9.93. The molecular weight excluding hydrogens is 294 g/mol. The van der Waals surface area contributed by atoms with Crippen LogP contribution in [0.3, 0.4) is 0 Å². The first-order valence-electron chi connectivity index (χ1n) is 9.93. The van der Waals surface area contributed by atoms with Crippen LogP contribution in [0.2, 0.25) is 0 Å². The van der Waals surface area contributed by atoms with Gasteiger partial charge in [0, 0.05) is 0 Å². The first kappa shape index (κ1) is 18.8. The maximum Gasteiger partial charge on any atom is 0.137 e. The van der Waals surface area contributed by atoms with Crippen molar-refractivity contribution in [1.82, 2.24) is 0 Å². The van der Waals surface area contributed by atoms with Crippen LogP contribution in [0.1, 0.15) is 95.6 Å². The normalized spacial score (nSPS) is 16.5. The Bertz CT molecular complexity index is 537. The minimum absolute atomic E-state index is 0.293. The number of ether oxygens (including phenoxy) is 1. The fraction of sp³-hybridized carbons (Fsp3) is 0.682. The van der Waals surface area contributed by atoms with Crippen molar-refractivity contribution in [2.24, 2.45) is 0 Å². The Balaban J connectivity index is 2.21. The van der Waals surface area contributed by atoms with Gasteiger partial charge in [-0.25, -0.2) is 0 Å². The molecule has 1 aromatic rings. The van der Waals surface area contributed by atoms with Gasteiger partial charge < -0.3 is 4.74 Å². The highest BCUT2D eigenvalue weighted by Crippen LogP contribution is 2.44. The van der Waals surface area contributed by atoms with E-state index in [1.807, 2.05) is 6.07 Å². The zero-order chi connectivity index (χ0) is 17.3. The summed E-state index contributed by atoms with van der Waals surface area (Å²) in [6, 6.07) is 8.76. The Morgan fingerprint density at radius 1 is 1.04 bits per heavy atom. The van der Waals surface area contributed by atoms with Crippen molar-refractivity contribution in [2.75, 3.05) is 6.61 Å². The molecule has 24 heavy (non-hydrogen) atoms. The standard InChI is InChI=1S/C22H33NO/c1-3-5-8-13-22(14-9-7-10-15-22)20-11-12-21(19(17-20)18-23)24-16-6-4-2/h11-12,17H,3-10,13-16H2,1-2H3. The Hall–Kier alpha value is -1.49. The van der Waals surface area contributed by atoms with E-state index in [0.717, 1.165) is 18.6 Å². The molecule has 0 amide bonds. The van der Waals surface area contributed by atoms with Crippen LogP contribution in [0.4, 0.5) is 0 Å². The lowest BCUT2D eigenvalue weighted by Crippen LogP contribution is -2.29. The van der Waals surface area contributed by atoms with Crippen LogP contribution >= 0.6 is 0 Å². The molecule has 0 radical (unpaired) electrons. The quantitative estimate of drug-likeness (QED) is 0.484. The van der Waals surface area contributed by atoms with E-state index < -0.39 is 0 Å². The van der Waals surface area contributed by atoms with Crippen molar-refractivity contribution in [3.8, 4) is 11.8 Å². The second-order valence-corrected chi connectivity index (χ2v) is 7.32. The third kappa shape index (κ3) is 4.76. The van der Waals surface area contributed by atoms with E-state index in [1.165, 1.54) is 63.4 Å². The molecule has 0 N–H and O–H groups in total. The van der Waals surface area contributed by atoms with Gasteiger partial charge in [-0.2, -0.15) is 5.26 Å². The van der Waals surface area contributed by atoms with Crippen LogP contribution in [0.25, 0.3) is 0 Å². The summed E-state index contributed by atoms with van der Waals surface area (Å²) in [6.07, 6.45) is 13.8. The molecule has 0 aliphatic heterocycles. The summed E-state index contributed by atoms with van der Waals surface area (Å²) in [5, 5.41) is 9.57. The number of nitriles is 1. The summed E-state index contributed by atoms with van der Waals surface area (Å²) in [5.74, 6) is 0.759. The molecule has 0 bridgehead atoms. The molecule has 0 aromatic heterocycles. The van der Waals surface area contributed by atoms with Gasteiger partial charge in [0.1, 0.15) is 11.8 Å². The van der Waals surface area contributed by atoms with Crippen LogP contribution < -0.4 is 4.74 Å². The monoisotopic (exact) mass is 327 g/mol. The molecule has 2 rings (SSSR count). The van der Waals surface area contributed by atoms with Crippen molar-refractivity contribution in [3.05, 3.63) is 29.3 Å². The van der Waals surface area contributed by atoms with Crippen LogP contribution in [0.15, 0.2) is 18.2 Å². The van der Waals surface area contributed by atoms with Gasteiger partial charge >= 0.3 is 0 Å². The third-order valence-electron chi connectivity index (χ3n) is 5.54. The summed E-state index contributed by atoms with van der Waals surface area (Å²) < 4.78 is 5.82. The van der Waals surface area contributed by atoms with Crippen LogP contribution in [0, 0.1) is 11.3 Å². The molecule has 1 fully saturated rings. The number of nitrogens with zero attached hydrogens (tertiary/aromatic N) is 1. The molecular formula is C22H33NO. The van der Waals surface area contributed by atoms with Crippen LogP contribution in [-0.2, 0) is 5.41 Å². The summed E-state index contributed by atoms with van der Waals surface area (Å²) in [4.78, 5) is 0. The van der Waals surface area contributed by atoms with Gasteiger partial charge in [0.15, 0.2) is 0 Å².